The lowest BCUT2D eigenvalue weighted by Crippen LogP contribution is -2.24. The molecule has 0 bridgehead atoms. The Kier molecular flexibility index (Phi) is 3.94. The Hall–Kier alpha value is -0.650. The average molecular weight is 296 g/mol. The fourth-order valence-corrected chi connectivity index (χ4v) is 3.48. The van der Waals surface area contributed by atoms with Gasteiger partial charge >= 0.3 is 0 Å². The fourth-order valence-electron chi connectivity index (χ4n) is 1.60. The molecule has 0 amide bonds. The van der Waals surface area contributed by atoms with Crippen LogP contribution < -0.4 is 4.80 Å². The van der Waals surface area contributed by atoms with Crippen molar-refractivity contribution in [2.45, 2.75) is 26.3 Å². The number of thiazole rings is 1. The van der Waals surface area contributed by atoms with Crippen LogP contribution in [0, 0.1) is 0 Å². The van der Waals surface area contributed by atoms with Gasteiger partial charge in [0.2, 0.25) is 0 Å². The van der Waals surface area contributed by atoms with E-state index >= 15 is 0 Å². The number of thiocarbonyl (C=S) groups is 1. The number of para-hydroxylation sites is 1. The molecule has 0 saturated carbocycles. The molecule has 2 nitrogen and oxygen atoms in total. The summed E-state index contributed by atoms with van der Waals surface area (Å²) in [6.07, 6.45) is 2.00. The van der Waals surface area contributed by atoms with Crippen LogP contribution in [0.4, 0.5) is 0 Å². The van der Waals surface area contributed by atoms with E-state index in [0.717, 1.165) is 14.6 Å². The Balaban J connectivity index is 2.81. The first-order valence-corrected chi connectivity index (χ1v) is 8.12. The van der Waals surface area contributed by atoms with Crippen LogP contribution in [0.15, 0.2) is 29.3 Å². The number of benzene rings is 1. The Labute approximate surface area is 121 Å². The second-order valence-electron chi connectivity index (χ2n) is 4.94. The highest BCUT2D eigenvalue weighted by molar-refractivity contribution is 8.22. The van der Waals surface area contributed by atoms with Crippen LogP contribution in [0.3, 0.4) is 0 Å². The molecule has 0 atom stereocenters. The van der Waals surface area contributed by atoms with Gasteiger partial charge in [-0.05, 0) is 39.2 Å². The van der Waals surface area contributed by atoms with Gasteiger partial charge in [-0.25, -0.2) is 0 Å². The van der Waals surface area contributed by atoms with Crippen LogP contribution in [0.1, 0.15) is 20.8 Å². The summed E-state index contributed by atoms with van der Waals surface area (Å²) < 4.78 is 4.14. The van der Waals surface area contributed by atoms with Gasteiger partial charge in [-0.1, -0.05) is 47.4 Å². The molecule has 0 radical (unpaired) electrons. The van der Waals surface area contributed by atoms with Crippen LogP contribution in [-0.4, -0.2) is 20.7 Å². The Morgan fingerprint density at radius 1 is 1.33 bits per heavy atom. The summed E-state index contributed by atoms with van der Waals surface area (Å²) in [6.45, 7) is 6.30. The number of thioether (sulfide) groups is 1. The number of nitrogens with zero attached hydrogens (tertiary/aromatic N) is 2. The normalized spacial score (nSPS) is 13.2. The number of rotatable bonds is 0. The standard InChI is InChI=1S/C13H16N2S3/c1-13(2,3)14-11-15(12(16)17-4)9-7-5-6-8-10(9)18-11/h5-8H,1-4H3. The highest BCUT2D eigenvalue weighted by Gasteiger charge is 2.12. The Bertz CT molecular complexity index is 644. The summed E-state index contributed by atoms with van der Waals surface area (Å²) in [5.74, 6) is 0. The molecule has 2 aromatic rings. The largest absolute Gasteiger partial charge is 0.270 e. The van der Waals surface area contributed by atoms with E-state index in [1.165, 1.54) is 4.70 Å². The van der Waals surface area contributed by atoms with E-state index in [2.05, 4.69) is 37.5 Å². The second-order valence-corrected chi connectivity index (χ2v) is 7.39. The van der Waals surface area contributed by atoms with Crippen molar-refractivity contribution in [2.24, 2.45) is 4.99 Å². The molecule has 0 fully saturated rings. The predicted molar refractivity (Wildman–Crippen MR) is 86.6 cm³/mol. The minimum atomic E-state index is -0.101. The van der Waals surface area contributed by atoms with E-state index < -0.39 is 0 Å². The molecular formula is C13H16N2S3. The van der Waals surface area contributed by atoms with Crippen LogP contribution in [0.2, 0.25) is 0 Å². The lowest BCUT2D eigenvalue weighted by molar-refractivity contribution is 0.564. The number of hydrogen-bond donors (Lipinski definition) is 0. The summed E-state index contributed by atoms with van der Waals surface area (Å²) in [5.41, 5.74) is 1.04. The van der Waals surface area contributed by atoms with Crippen LogP contribution in [-0.2, 0) is 0 Å². The Morgan fingerprint density at radius 3 is 2.61 bits per heavy atom. The minimum Gasteiger partial charge on any atom is -0.270 e. The predicted octanol–water partition coefficient (Wildman–Crippen LogP) is 3.90. The molecule has 96 valence electrons. The maximum Gasteiger partial charge on any atom is 0.192 e. The van der Waals surface area contributed by atoms with Crippen molar-refractivity contribution >= 4 is 49.9 Å². The summed E-state index contributed by atoms with van der Waals surface area (Å²) >= 11 is 8.72. The van der Waals surface area contributed by atoms with Crippen LogP contribution >= 0.6 is 35.3 Å². The third-order valence-electron chi connectivity index (χ3n) is 2.29. The average Bonchev–Trinajstić information content (AvgIpc) is 2.63. The molecule has 0 unspecified atom stereocenters. The van der Waals surface area contributed by atoms with Gasteiger partial charge in [-0.2, -0.15) is 0 Å². The maximum absolute atomic E-state index is 5.45. The number of fused-ring (bicyclic) bond motifs is 1. The van der Waals surface area contributed by atoms with E-state index in [-0.39, 0.29) is 5.54 Å². The molecule has 0 aliphatic heterocycles. The first-order chi connectivity index (χ1) is 8.42. The SMILES string of the molecule is CSC(=S)n1c(=NC(C)(C)C)sc2ccccc21. The van der Waals surface area contributed by atoms with E-state index in [1.54, 1.807) is 23.1 Å². The van der Waals surface area contributed by atoms with Crippen molar-refractivity contribution in [2.75, 3.05) is 6.26 Å². The van der Waals surface area contributed by atoms with Crippen molar-refractivity contribution in [1.82, 2.24) is 4.57 Å². The quantitative estimate of drug-likeness (QED) is 0.686. The summed E-state index contributed by atoms with van der Waals surface area (Å²) in [4.78, 5) is 5.75. The molecular weight excluding hydrogens is 280 g/mol. The van der Waals surface area contributed by atoms with Gasteiger partial charge in [-0.15, -0.1) is 0 Å². The number of aromatic nitrogens is 1. The molecule has 0 saturated heterocycles. The minimum absolute atomic E-state index is 0.101. The second kappa shape index (κ2) is 5.15. The zero-order chi connectivity index (χ0) is 13.3. The fraction of sp³-hybridized carbons (Fsp3) is 0.385. The zero-order valence-corrected chi connectivity index (χ0v) is 13.4. The van der Waals surface area contributed by atoms with E-state index in [1.807, 2.05) is 18.4 Å². The van der Waals surface area contributed by atoms with Crippen LogP contribution in [0.5, 0.6) is 0 Å². The summed E-state index contributed by atoms with van der Waals surface area (Å²) in [6, 6.07) is 8.29. The van der Waals surface area contributed by atoms with Crippen molar-refractivity contribution in [3.8, 4) is 0 Å². The monoisotopic (exact) mass is 296 g/mol. The molecule has 2 rings (SSSR count). The van der Waals surface area contributed by atoms with E-state index in [9.17, 15) is 0 Å². The van der Waals surface area contributed by atoms with Crippen molar-refractivity contribution in [3.63, 3.8) is 0 Å². The molecule has 1 aromatic carbocycles. The van der Waals surface area contributed by atoms with Gasteiger partial charge in [0, 0.05) is 0 Å². The summed E-state index contributed by atoms with van der Waals surface area (Å²) in [7, 11) is 0. The van der Waals surface area contributed by atoms with E-state index in [4.69, 9.17) is 17.2 Å². The lowest BCUT2D eigenvalue weighted by Gasteiger charge is -2.11. The van der Waals surface area contributed by atoms with Gasteiger partial charge in [0.15, 0.2) is 4.80 Å². The first kappa shape index (κ1) is 13.8. The molecule has 1 heterocycles. The van der Waals surface area contributed by atoms with Gasteiger partial charge in [0.25, 0.3) is 0 Å². The zero-order valence-electron chi connectivity index (χ0n) is 10.9. The van der Waals surface area contributed by atoms with Gasteiger partial charge in [-0.3, -0.25) is 9.56 Å². The molecule has 18 heavy (non-hydrogen) atoms. The van der Waals surface area contributed by atoms with Crippen molar-refractivity contribution in [3.05, 3.63) is 29.1 Å². The maximum atomic E-state index is 5.45. The number of hydrogen-bond acceptors (Lipinski definition) is 4. The molecule has 5 heteroatoms. The van der Waals surface area contributed by atoms with Crippen molar-refractivity contribution < 1.29 is 0 Å². The first-order valence-electron chi connectivity index (χ1n) is 5.67. The van der Waals surface area contributed by atoms with Crippen LogP contribution in [0.25, 0.3) is 10.2 Å². The highest BCUT2D eigenvalue weighted by Crippen LogP contribution is 2.19. The van der Waals surface area contributed by atoms with Crippen molar-refractivity contribution in [1.29, 1.82) is 0 Å². The highest BCUT2D eigenvalue weighted by atomic mass is 32.2. The van der Waals surface area contributed by atoms with E-state index in [0.29, 0.717) is 0 Å². The molecule has 0 aliphatic rings. The van der Waals surface area contributed by atoms with Gasteiger partial charge in [0.05, 0.1) is 15.8 Å². The third kappa shape index (κ3) is 2.84. The Morgan fingerprint density at radius 2 is 2.00 bits per heavy atom. The van der Waals surface area contributed by atoms with Gasteiger partial charge in [0.1, 0.15) is 4.32 Å². The lowest BCUT2D eigenvalue weighted by atomic mass is 10.1. The molecule has 0 N–H and O–H groups in total. The molecule has 0 spiro atoms. The smallest absolute Gasteiger partial charge is 0.192 e. The van der Waals surface area contributed by atoms with Gasteiger partial charge < -0.3 is 0 Å². The molecule has 1 aromatic heterocycles. The molecule has 0 aliphatic carbocycles. The topological polar surface area (TPSA) is 17.3 Å². The third-order valence-corrected chi connectivity index (χ3v) is 4.52. The summed E-state index contributed by atoms with van der Waals surface area (Å²) in [5, 5.41) is 0.